The Morgan fingerprint density at radius 1 is 1.50 bits per heavy atom. The number of cyclic esters (lactones) is 1. The lowest BCUT2D eigenvalue weighted by Gasteiger charge is -2.19. The van der Waals surface area contributed by atoms with Crippen molar-refractivity contribution >= 4 is 29.7 Å². The second kappa shape index (κ2) is 7.80. The first kappa shape index (κ1) is 18.5. The Labute approximate surface area is 142 Å². The van der Waals surface area contributed by atoms with Gasteiger partial charge in [0.2, 0.25) is 0 Å². The van der Waals surface area contributed by atoms with Crippen molar-refractivity contribution in [2.75, 3.05) is 17.2 Å². The molecule has 0 aromatic heterocycles. The van der Waals surface area contributed by atoms with Crippen molar-refractivity contribution in [1.29, 1.82) is 0 Å². The molecule has 2 rings (SSSR count). The van der Waals surface area contributed by atoms with Crippen LogP contribution in [0.1, 0.15) is 31.2 Å². The summed E-state index contributed by atoms with van der Waals surface area (Å²) in [7, 11) is 0. The molecule has 1 aliphatic heterocycles. The van der Waals surface area contributed by atoms with Crippen molar-refractivity contribution in [2.45, 2.75) is 31.8 Å². The number of hydrogen-bond donors (Lipinski definition) is 2. The maximum Gasteiger partial charge on any atom is 0.415 e. The summed E-state index contributed by atoms with van der Waals surface area (Å²) >= 11 is 0.620. The van der Waals surface area contributed by atoms with Gasteiger partial charge in [-0.2, -0.15) is 0 Å². The molecule has 1 saturated heterocycles. The number of nitrogens with two attached hydrogens (primary N) is 1. The first-order valence-corrected chi connectivity index (χ1v) is 8.36. The molecule has 0 spiro atoms. The van der Waals surface area contributed by atoms with Crippen molar-refractivity contribution in [2.24, 2.45) is 5.73 Å². The minimum atomic E-state index is -1.15. The predicted octanol–water partition coefficient (Wildman–Crippen LogP) is 2.87. The highest BCUT2D eigenvalue weighted by Crippen LogP contribution is 2.33. The quantitative estimate of drug-likeness (QED) is 0.730. The van der Waals surface area contributed by atoms with Gasteiger partial charge in [-0.1, -0.05) is 6.92 Å². The van der Waals surface area contributed by atoms with Crippen LogP contribution in [0, 0.1) is 11.6 Å². The zero-order valence-corrected chi connectivity index (χ0v) is 13.8. The molecule has 9 heteroatoms. The van der Waals surface area contributed by atoms with Gasteiger partial charge in [-0.15, -0.1) is 0 Å². The SMILES string of the molecule is CCC(CCSO)c1c(F)cc(N2C[C@H](C(N)=O)OC2=O)cc1F. The van der Waals surface area contributed by atoms with Crippen LogP contribution >= 0.6 is 12.0 Å². The standard InChI is InChI=1S/C15H18F2N2O4S/c1-2-8(3-4-24-22)13-10(16)5-9(6-11(13)17)19-7-12(14(18)20)23-15(19)21/h5-6,8,12,22H,2-4,7H2,1H3,(H2,18,20)/t8?,12-/m1/s1. The number of carbonyl (C=O) groups is 2. The van der Waals surface area contributed by atoms with Crippen LogP contribution in [0.3, 0.4) is 0 Å². The number of rotatable bonds is 7. The normalized spacial score (nSPS) is 18.6. The van der Waals surface area contributed by atoms with E-state index in [1.807, 2.05) is 0 Å². The Bertz CT molecular complexity index is 621. The van der Waals surface area contributed by atoms with Crippen LogP contribution in [0.4, 0.5) is 19.3 Å². The smallest absolute Gasteiger partial charge is 0.415 e. The van der Waals surface area contributed by atoms with Gasteiger partial charge in [0.25, 0.3) is 5.91 Å². The van der Waals surface area contributed by atoms with E-state index >= 15 is 0 Å². The molecule has 0 aliphatic carbocycles. The number of anilines is 1. The molecule has 0 saturated carbocycles. The monoisotopic (exact) mass is 360 g/mol. The lowest BCUT2D eigenvalue weighted by molar-refractivity contribution is -0.124. The van der Waals surface area contributed by atoms with Crippen LogP contribution in [-0.2, 0) is 9.53 Å². The lowest BCUT2D eigenvalue weighted by Crippen LogP contribution is -2.32. The molecule has 0 bridgehead atoms. The highest BCUT2D eigenvalue weighted by molar-refractivity contribution is 7.93. The van der Waals surface area contributed by atoms with Gasteiger partial charge >= 0.3 is 6.09 Å². The molecular weight excluding hydrogens is 342 g/mol. The number of hydrogen-bond acceptors (Lipinski definition) is 5. The number of nitrogens with zero attached hydrogens (tertiary/aromatic N) is 1. The van der Waals surface area contributed by atoms with Crippen molar-refractivity contribution in [3.63, 3.8) is 0 Å². The van der Waals surface area contributed by atoms with Crippen molar-refractivity contribution < 1.29 is 27.7 Å². The third-order valence-corrected chi connectivity index (χ3v) is 4.38. The molecule has 1 aromatic rings. The Balaban J connectivity index is 2.29. The lowest BCUT2D eigenvalue weighted by atomic mass is 9.92. The molecule has 24 heavy (non-hydrogen) atoms. The fraction of sp³-hybridized carbons (Fsp3) is 0.467. The van der Waals surface area contributed by atoms with Crippen LogP contribution < -0.4 is 10.6 Å². The molecule has 6 nitrogen and oxygen atoms in total. The Morgan fingerprint density at radius 3 is 2.58 bits per heavy atom. The number of ether oxygens (including phenoxy) is 1. The highest BCUT2D eigenvalue weighted by Gasteiger charge is 2.36. The average Bonchev–Trinajstić information content (AvgIpc) is 2.92. The minimum Gasteiger partial charge on any atom is -0.434 e. The molecule has 2 amide bonds. The second-order valence-electron chi connectivity index (χ2n) is 5.44. The summed E-state index contributed by atoms with van der Waals surface area (Å²) in [6.07, 6.45) is -1.11. The Hall–Kier alpha value is -1.87. The summed E-state index contributed by atoms with van der Waals surface area (Å²) in [5.74, 6) is -2.42. The van der Waals surface area contributed by atoms with E-state index in [0.717, 1.165) is 17.0 Å². The number of halogens is 2. The van der Waals surface area contributed by atoms with Crippen molar-refractivity contribution in [1.82, 2.24) is 0 Å². The van der Waals surface area contributed by atoms with E-state index in [1.165, 1.54) is 0 Å². The number of primary amides is 1. The number of amides is 2. The van der Waals surface area contributed by atoms with Gasteiger partial charge in [-0.3, -0.25) is 9.69 Å². The minimum absolute atomic E-state index is 0.0334. The average molecular weight is 360 g/mol. The van der Waals surface area contributed by atoms with E-state index in [-0.39, 0.29) is 23.7 Å². The predicted molar refractivity (Wildman–Crippen MR) is 85.9 cm³/mol. The highest BCUT2D eigenvalue weighted by atomic mass is 32.2. The largest absolute Gasteiger partial charge is 0.434 e. The summed E-state index contributed by atoms with van der Waals surface area (Å²) in [5, 5.41) is 0. The second-order valence-corrected chi connectivity index (χ2v) is 6.10. The number of benzene rings is 1. The summed E-state index contributed by atoms with van der Waals surface area (Å²) in [5.41, 5.74) is 4.97. The van der Waals surface area contributed by atoms with Gasteiger partial charge in [0, 0.05) is 11.3 Å². The molecular formula is C15H18F2N2O4S. The molecule has 3 N–H and O–H groups in total. The van der Waals surface area contributed by atoms with Crippen LogP contribution in [0.2, 0.25) is 0 Å². The number of carbonyl (C=O) groups excluding carboxylic acids is 2. The van der Waals surface area contributed by atoms with Gasteiger partial charge < -0.3 is 15.0 Å². The molecule has 1 aliphatic rings. The van der Waals surface area contributed by atoms with Crippen LogP contribution in [0.25, 0.3) is 0 Å². The summed E-state index contributed by atoms with van der Waals surface area (Å²) in [6.45, 7) is 1.61. The van der Waals surface area contributed by atoms with E-state index in [4.69, 9.17) is 15.0 Å². The van der Waals surface area contributed by atoms with Gasteiger partial charge in [0.15, 0.2) is 6.10 Å². The Morgan fingerprint density at radius 2 is 2.12 bits per heavy atom. The zero-order chi connectivity index (χ0) is 17.9. The Kier molecular flexibility index (Phi) is 6.00. The van der Waals surface area contributed by atoms with Gasteiger partial charge in [0.05, 0.1) is 12.2 Å². The molecule has 1 unspecified atom stereocenters. The molecule has 0 radical (unpaired) electrons. The molecule has 2 atom stereocenters. The van der Waals surface area contributed by atoms with E-state index in [0.29, 0.717) is 30.6 Å². The van der Waals surface area contributed by atoms with Crippen LogP contribution in [-0.4, -0.2) is 35.0 Å². The third kappa shape index (κ3) is 3.78. The molecule has 1 fully saturated rings. The van der Waals surface area contributed by atoms with Crippen LogP contribution in [0.15, 0.2) is 12.1 Å². The first-order valence-electron chi connectivity index (χ1n) is 7.41. The van der Waals surface area contributed by atoms with E-state index in [1.54, 1.807) is 6.92 Å². The fourth-order valence-electron chi connectivity index (χ4n) is 2.69. The summed E-state index contributed by atoms with van der Waals surface area (Å²) < 4.78 is 42.4. The van der Waals surface area contributed by atoms with Crippen molar-refractivity contribution in [3.8, 4) is 0 Å². The summed E-state index contributed by atoms with van der Waals surface area (Å²) in [6, 6.07) is 2.08. The first-order chi connectivity index (χ1) is 11.4. The van der Waals surface area contributed by atoms with Crippen LogP contribution in [0.5, 0.6) is 0 Å². The van der Waals surface area contributed by atoms with E-state index in [2.05, 4.69) is 0 Å². The van der Waals surface area contributed by atoms with E-state index < -0.39 is 29.7 Å². The maximum absolute atomic E-state index is 14.4. The van der Waals surface area contributed by atoms with Gasteiger partial charge in [-0.25, -0.2) is 13.6 Å². The molecule has 132 valence electrons. The van der Waals surface area contributed by atoms with E-state index in [9.17, 15) is 18.4 Å². The van der Waals surface area contributed by atoms with Gasteiger partial charge in [-0.05, 0) is 42.9 Å². The topological polar surface area (TPSA) is 92.9 Å². The van der Waals surface area contributed by atoms with Gasteiger partial charge in [0.1, 0.15) is 11.6 Å². The fourth-order valence-corrected chi connectivity index (χ4v) is 3.08. The maximum atomic E-state index is 14.4. The molecule has 1 heterocycles. The van der Waals surface area contributed by atoms with Crippen molar-refractivity contribution in [3.05, 3.63) is 29.3 Å². The third-order valence-electron chi connectivity index (χ3n) is 3.96. The summed E-state index contributed by atoms with van der Waals surface area (Å²) in [4.78, 5) is 23.8. The molecule has 1 aromatic carbocycles. The zero-order valence-electron chi connectivity index (χ0n) is 13.0.